The van der Waals surface area contributed by atoms with E-state index in [1.54, 1.807) is 12.1 Å². The summed E-state index contributed by atoms with van der Waals surface area (Å²) in [5.74, 6) is 0. The molecule has 2 aliphatic heterocycles. The number of carbonyl (C=O) groups is 1. The van der Waals surface area contributed by atoms with E-state index in [1.165, 1.54) is 6.07 Å². The molecule has 1 aromatic carbocycles. The fraction of sp³-hybridized carbons (Fsp3) is 0.526. The molecule has 3 nitrogen and oxygen atoms in total. The molecular formula is C19H23F2NO2. The van der Waals surface area contributed by atoms with Crippen molar-refractivity contribution in [1.29, 1.82) is 0 Å². The zero-order chi connectivity index (χ0) is 17.5. The van der Waals surface area contributed by atoms with Gasteiger partial charge in [0.2, 0.25) is 0 Å². The Morgan fingerprint density at radius 1 is 1.29 bits per heavy atom. The molecule has 1 aromatic rings. The molecule has 3 rings (SSSR count). The summed E-state index contributed by atoms with van der Waals surface area (Å²) in [4.78, 5) is 14.2. The Bertz CT molecular complexity index is 664. The lowest BCUT2D eigenvalue weighted by Gasteiger charge is -2.35. The molecule has 24 heavy (non-hydrogen) atoms. The van der Waals surface area contributed by atoms with E-state index < -0.39 is 12.0 Å². The van der Waals surface area contributed by atoms with Crippen molar-refractivity contribution >= 4 is 11.7 Å². The van der Waals surface area contributed by atoms with Gasteiger partial charge in [0.05, 0.1) is 6.04 Å². The largest absolute Gasteiger partial charge is 0.444 e. The summed E-state index contributed by atoms with van der Waals surface area (Å²) in [5.41, 5.74) is 1.39. The first-order valence-corrected chi connectivity index (χ1v) is 8.35. The third kappa shape index (κ3) is 3.45. The maximum atomic E-state index is 12.9. The number of ether oxygens (including phenoxy) is 1. The molecule has 0 N–H and O–H groups in total. The number of halogens is 2. The van der Waals surface area contributed by atoms with Gasteiger partial charge in [-0.05, 0) is 57.2 Å². The molecule has 1 fully saturated rings. The normalized spacial score (nSPS) is 23.4. The number of alkyl halides is 2. The number of benzene rings is 1. The topological polar surface area (TPSA) is 29.5 Å². The second-order valence-electron chi connectivity index (χ2n) is 7.51. The van der Waals surface area contributed by atoms with E-state index in [1.807, 2.05) is 37.8 Å². The highest BCUT2D eigenvalue weighted by molar-refractivity contribution is 5.75. The number of fused-ring (bicyclic) bond motifs is 2. The molecule has 0 spiro atoms. The van der Waals surface area contributed by atoms with Crippen LogP contribution in [0.4, 0.5) is 13.6 Å². The Kier molecular flexibility index (Phi) is 4.37. The van der Waals surface area contributed by atoms with Crippen molar-refractivity contribution in [2.45, 2.75) is 64.1 Å². The summed E-state index contributed by atoms with van der Waals surface area (Å²) in [6.07, 6.45) is 1.77. The highest BCUT2D eigenvalue weighted by atomic mass is 19.3. The summed E-state index contributed by atoms with van der Waals surface area (Å²) in [6, 6.07) is 6.60. The van der Waals surface area contributed by atoms with E-state index in [9.17, 15) is 13.6 Å². The lowest BCUT2D eigenvalue weighted by molar-refractivity contribution is 0.0175. The van der Waals surface area contributed by atoms with Gasteiger partial charge in [0.1, 0.15) is 5.60 Å². The average molecular weight is 335 g/mol. The van der Waals surface area contributed by atoms with Crippen molar-refractivity contribution in [3.8, 4) is 0 Å². The van der Waals surface area contributed by atoms with Gasteiger partial charge in [-0.1, -0.05) is 24.3 Å². The molecule has 5 heteroatoms. The van der Waals surface area contributed by atoms with Crippen LogP contribution in [-0.2, 0) is 4.74 Å². The second-order valence-corrected chi connectivity index (χ2v) is 7.51. The lowest BCUT2D eigenvalue weighted by Crippen LogP contribution is -2.45. The first-order chi connectivity index (χ1) is 11.2. The van der Waals surface area contributed by atoms with Crippen molar-refractivity contribution in [2.75, 3.05) is 0 Å². The molecule has 2 heterocycles. The van der Waals surface area contributed by atoms with Gasteiger partial charge in [0, 0.05) is 11.6 Å². The highest BCUT2D eigenvalue weighted by Gasteiger charge is 2.41. The third-order valence-corrected chi connectivity index (χ3v) is 4.51. The minimum Gasteiger partial charge on any atom is -0.444 e. The predicted molar refractivity (Wildman–Crippen MR) is 88.9 cm³/mol. The summed E-state index contributed by atoms with van der Waals surface area (Å²) in [6.45, 7) is 5.57. The molecule has 0 aliphatic carbocycles. The Morgan fingerprint density at radius 3 is 2.67 bits per heavy atom. The van der Waals surface area contributed by atoms with Crippen LogP contribution < -0.4 is 0 Å². The Morgan fingerprint density at radius 2 is 2.04 bits per heavy atom. The zero-order valence-electron chi connectivity index (χ0n) is 14.3. The van der Waals surface area contributed by atoms with E-state index >= 15 is 0 Å². The van der Waals surface area contributed by atoms with Crippen molar-refractivity contribution in [2.24, 2.45) is 0 Å². The Balaban J connectivity index is 1.82. The van der Waals surface area contributed by atoms with Crippen molar-refractivity contribution in [1.82, 2.24) is 4.90 Å². The van der Waals surface area contributed by atoms with E-state index in [-0.39, 0.29) is 23.7 Å². The highest BCUT2D eigenvalue weighted by Crippen LogP contribution is 2.39. The van der Waals surface area contributed by atoms with Crippen LogP contribution in [0.25, 0.3) is 5.57 Å². The van der Waals surface area contributed by atoms with Crippen LogP contribution in [-0.4, -0.2) is 28.7 Å². The van der Waals surface area contributed by atoms with Crippen LogP contribution in [0, 0.1) is 0 Å². The Hall–Kier alpha value is -1.91. The standard InChI is InChI=1S/C19H23F2NO2/c1-19(2,3)24-18(23)22-15-7-8-16(22)11-14(10-15)12-5-4-6-13(9-12)17(20)21/h4-6,9-10,15-17H,7-8,11H2,1-3H3. The fourth-order valence-electron chi connectivity index (χ4n) is 3.52. The second kappa shape index (κ2) is 6.19. The molecule has 1 amide bonds. The first kappa shape index (κ1) is 16.9. The van der Waals surface area contributed by atoms with Gasteiger partial charge in [-0.2, -0.15) is 0 Å². The molecule has 2 bridgehead atoms. The van der Waals surface area contributed by atoms with Crippen molar-refractivity contribution in [3.63, 3.8) is 0 Å². The van der Waals surface area contributed by atoms with Crippen molar-refractivity contribution in [3.05, 3.63) is 41.5 Å². The number of amides is 1. The maximum absolute atomic E-state index is 12.9. The van der Waals surface area contributed by atoms with Crippen LogP contribution in [0.15, 0.2) is 30.3 Å². The van der Waals surface area contributed by atoms with Gasteiger partial charge in [-0.15, -0.1) is 0 Å². The first-order valence-electron chi connectivity index (χ1n) is 8.35. The molecule has 0 saturated carbocycles. The van der Waals surface area contributed by atoms with Crippen LogP contribution in [0.3, 0.4) is 0 Å². The smallest absolute Gasteiger partial charge is 0.411 e. The zero-order valence-corrected chi connectivity index (χ0v) is 14.3. The van der Waals surface area contributed by atoms with Gasteiger partial charge in [-0.3, -0.25) is 4.90 Å². The van der Waals surface area contributed by atoms with Gasteiger partial charge >= 0.3 is 6.09 Å². The van der Waals surface area contributed by atoms with Gasteiger partial charge < -0.3 is 4.74 Å². The Labute approximate surface area is 141 Å². The van der Waals surface area contributed by atoms with Crippen LogP contribution >= 0.6 is 0 Å². The number of carbonyl (C=O) groups excluding carboxylic acids is 1. The molecule has 2 atom stereocenters. The molecule has 130 valence electrons. The molecular weight excluding hydrogens is 312 g/mol. The molecule has 2 unspecified atom stereocenters. The van der Waals surface area contributed by atoms with Crippen LogP contribution in [0.5, 0.6) is 0 Å². The van der Waals surface area contributed by atoms with E-state index in [0.717, 1.165) is 24.0 Å². The molecule has 2 aliphatic rings. The summed E-state index contributed by atoms with van der Waals surface area (Å²) < 4.78 is 31.3. The van der Waals surface area contributed by atoms with Gasteiger partial charge in [0.15, 0.2) is 0 Å². The minimum atomic E-state index is -2.47. The summed E-state index contributed by atoms with van der Waals surface area (Å²) in [5, 5.41) is 0. The van der Waals surface area contributed by atoms with Gasteiger partial charge in [0.25, 0.3) is 6.43 Å². The van der Waals surface area contributed by atoms with E-state index in [2.05, 4.69) is 0 Å². The SMILES string of the molecule is CC(C)(C)OC(=O)N1C2C=C(c3cccc(C(F)F)c3)CC1CC2. The molecule has 0 aromatic heterocycles. The number of rotatable bonds is 2. The average Bonchev–Trinajstić information content (AvgIpc) is 2.76. The fourth-order valence-corrected chi connectivity index (χ4v) is 3.52. The molecule has 0 radical (unpaired) electrons. The minimum absolute atomic E-state index is 0.0104. The quantitative estimate of drug-likeness (QED) is 0.745. The van der Waals surface area contributed by atoms with Gasteiger partial charge in [-0.25, -0.2) is 13.6 Å². The van der Waals surface area contributed by atoms with Crippen LogP contribution in [0.2, 0.25) is 0 Å². The van der Waals surface area contributed by atoms with E-state index in [0.29, 0.717) is 6.42 Å². The molecule has 1 saturated heterocycles. The lowest BCUT2D eigenvalue weighted by atomic mass is 9.94. The van der Waals surface area contributed by atoms with Crippen molar-refractivity contribution < 1.29 is 18.3 Å². The monoisotopic (exact) mass is 335 g/mol. The van der Waals surface area contributed by atoms with Crippen LogP contribution in [0.1, 0.15) is 57.6 Å². The summed E-state index contributed by atoms with van der Waals surface area (Å²) >= 11 is 0. The predicted octanol–water partition coefficient (Wildman–Crippen LogP) is 5.18. The summed E-state index contributed by atoms with van der Waals surface area (Å²) in [7, 11) is 0. The number of hydrogen-bond acceptors (Lipinski definition) is 2. The number of hydrogen-bond donors (Lipinski definition) is 0. The maximum Gasteiger partial charge on any atom is 0.411 e. The number of nitrogens with zero attached hydrogens (tertiary/aromatic N) is 1. The van der Waals surface area contributed by atoms with E-state index in [4.69, 9.17) is 4.74 Å². The third-order valence-electron chi connectivity index (χ3n) is 4.51.